The fourth-order valence-corrected chi connectivity index (χ4v) is 2.47. The monoisotopic (exact) mass is 362 g/mol. The lowest BCUT2D eigenvalue weighted by Crippen LogP contribution is -2.38. The van der Waals surface area contributed by atoms with Crippen molar-refractivity contribution in [2.45, 2.75) is 45.2 Å². The van der Waals surface area contributed by atoms with E-state index in [0.717, 1.165) is 48.8 Å². The Balaban J connectivity index is 1.82. The lowest BCUT2D eigenvalue weighted by atomic mass is 10.2. The highest BCUT2D eigenvalue weighted by Crippen LogP contribution is 2.25. The van der Waals surface area contributed by atoms with Gasteiger partial charge in [-0.2, -0.15) is 0 Å². The highest BCUT2D eigenvalue weighted by atomic mass is 16.5. The molecular weight excluding hydrogens is 332 g/mol. The first-order valence-corrected chi connectivity index (χ1v) is 9.18. The minimum atomic E-state index is 0.138. The molecule has 2 rings (SSSR count). The van der Waals surface area contributed by atoms with Gasteiger partial charge in [-0.15, -0.1) is 0 Å². The number of hydrogen-bond acceptors (Lipinski definition) is 4. The van der Waals surface area contributed by atoms with Gasteiger partial charge in [0, 0.05) is 37.2 Å². The summed E-state index contributed by atoms with van der Waals surface area (Å²) in [6.45, 7) is 3.98. The van der Waals surface area contributed by atoms with Gasteiger partial charge in [-0.05, 0) is 38.3 Å². The van der Waals surface area contributed by atoms with Crippen molar-refractivity contribution in [3.63, 3.8) is 0 Å². The quantitative estimate of drug-likeness (QED) is 0.336. The van der Waals surface area contributed by atoms with Gasteiger partial charge in [-0.1, -0.05) is 0 Å². The molecule has 0 atom stereocenters. The van der Waals surface area contributed by atoms with Crippen molar-refractivity contribution in [3.8, 4) is 11.5 Å². The van der Waals surface area contributed by atoms with E-state index in [1.165, 1.54) is 0 Å². The van der Waals surface area contributed by atoms with Crippen LogP contribution >= 0.6 is 0 Å². The summed E-state index contributed by atoms with van der Waals surface area (Å²) in [6, 6.07) is 6.12. The summed E-state index contributed by atoms with van der Waals surface area (Å²) >= 11 is 0. The molecule has 0 heterocycles. The van der Waals surface area contributed by atoms with Crippen LogP contribution in [0.2, 0.25) is 0 Å². The van der Waals surface area contributed by atoms with Crippen molar-refractivity contribution in [2.24, 2.45) is 4.99 Å². The van der Waals surface area contributed by atoms with Crippen LogP contribution in [-0.2, 0) is 11.3 Å². The first-order chi connectivity index (χ1) is 12.7. The topological polar surface area (TPSA) is 84.0 Å². The van der Waals surface area contributed by atoms with Crippen molar-refractivity contribution in [1.29, 1.82) is 0 Å². The van der Waals surface area contributed by atoms with Crippen LogP contribution in [0.4, 0.5) is 0 Å². The molecule has 0 aliphatic heterocycles. The number of rotatable bonds is 10. The first-order valence-electron chi connectivity index (χ1n) is 9.18. The standard InChI is InChI=1S/C19H30N4O3/c1-4-20-19(21-11-5-6-18(24)23-15-8-9-15)22-13-14-7-10-16(25-2)12-17(14)26-3/h7,10,12,15H,4-6,8-9,11,13H2,1-3H3,(H,23,24)(H2,20,21,22). The fraction of sp³-hybridized carbons (Fsp3) is 0.579. The predicted molar refractivity (Wildman–Crippen MR) is 103 cm³/mol. The summed E-state index contributed by atoms with van der Waals surface area (Å²) in [5, 5.41) is 9.48. The predicted octanol–water partition coefficient (Wildman–Crippen LogP) is 1.82. The number of carbonyl (C=O) groups excluding carboxylic acids is 1. The van der Waals surface area contributed by atoms with Crippen LogP contribution < -0.4 is 25.4 Å². The van der Waals surface area contributed by atoms with Crippen LogP contribution in [0.1, 0.15) is 38.2 Å². The molecule has 1 fully saturated rings. The molecular formula is C19H30N4O3. The van der Waals surface area contributed by atoms with Crippen molar-refractivity contribution in [3.05, 3.63) is 23.8 Å². The van der Waals surface area contributed by atoms with E-state index in [1.54, 1.807) is 14.2 Å². The number of methoxy groups -OCH3 is 2. The van der Waals surface area contributed by atoms with Gasteiger partial charge in [0.15, 0.2) is 5.96 Å². The third-order valence-corrected chi connectivity index (χ3v) is 4.06. The maximum atomic E-state index is 11.7. The molecule has 0 unspecified atom stereocenters. The molecule has 7 nitrogen and oxygen atoms in total. The maximum Gasteiger partial charge on any atom is 0.220 e. The average molecular weight is 362 g/mol. The second kappa shape index (κ2) is 10.5. The highest BCUT2D eigenvalue weighted by molar-refractivity contribution is 5.80. The molecule has 7 heteroatoms. The largest absolute Gasteiger partial charge is 0.497 e. The number of benzene rings is 1. The molecule has 1 aromatic carbocycles. The van der Waals surface area contributed by atoms with E-state index in [4.69, 9.17) is 9.47 Å². The zero-order valence-corrected chi connectivity index (χ0v) is 15.9. The number of guanidine groups is 1. The molecule has 3 N–H and O–H groups in total. The van der Waals surface area contributed by atoms with Crippen LogP contribution in [-0.4, -0.2) is 45.2 Å². The van der Waals surface area contributed by atoms with Gasteiger partial charge in [-0.25, -0.2) is 4.99 Å². The zero-order chi connectivity index (χ0) is 18.8. The second-order valence-corrected chi connectivity index (χ2v) is 6.25. The fourth-order valence-electron chi connectivity index (χ4n) is 2.47. The van der Waals surface area contributed by atoms with Crippen molar-refractivity contribution >= 4 is 11.9 Å². The lowest BCUT2D eigenvalue weighted by molar-refractivity contribution is -0.121. The van der Waals surface area contributed by atoms with E-state index in [-0.39, 0.29) is 5.91 Å². The van der Waals surface area contributed by atoms with Crippen molar-refractivity contribution in [1.82, 2.24) is 16.0 Å². The second-order valence-electron chi connectivity index (χ2n) is 6.25. The number of nitrogens with one attached hydrogen (secondary N) is 3. The van der Waals surface area contributed by atoms with Gasteiger partial charge in [0.05, 0.1) is 20.8 Å². The Morgan fingerprint density at radius 2 is 2.04 bits per heavy atom. The molecule has 1 aliphatic carbocycles. The lowest BCUT2D eigenvalue weighted by Gasteiger charge is -2.12. The van der Waals surface area contributed by atoms with Gasteiger partial charge < -0.3 is 25.4 Å². The molecule has 1 saturated carbocycles. The van der Waals surface area contributed by atoms with Crippen LogP contribution in [0.15, 0.2) is 23.2 Å². The van der Waals surface area contributed by atoms with Crippen LogP contribution in [0, 0.1) is 0 Å². The molecule has 1 aliphatic rings. The van der Waals surface area contributed by atoms with Crippen LogP contribution in [0.5, 0.6) is 11.5 Å². The van der Waals surface area contributed by atoms with E-state index in [2.05, 4.69) is 20.9 Å². The number of aliphatic imine (C=N–C) groups is 1. The number of hydrogen-bond donors (Lipinski definition) is 3. The summed E-state index contributed by atoms with van der Waals surface area (Å²) in [5.41, 5.74) is 0.981. The Morgan fingerprint density at radius 1 is 1.23 bits per heavy atom. The zero-order valence-electron chi connectivity index (χ0n) is 15.9. The number of nitrogens with zero attached hydrogens (tertiary/aromatic N) is 1. The number of ether oxygens (including phenoxy) is 2. The Kier molecular flexibility index (Phi) is 8.05. The Hall–Kier alpha value is -2.44. The normalized spacial score (nSPS) is 13.9. The summed E-state index contributed by atoms with van der Waals surface area (Å²) in [6.07, 6.45) is 3.55. The molecule has 0 radical (unpaired) electrons. The Bertz CT molecular complexity index is 615. The Morgan fingerprint density at radius 3 is 2.69 bits per heavy atom. The maximum absolute atomic E-state index is 11.7. The van der Waals surface area contributed by atoms with Gasteiger partial charge in [-0.3, -0.25) is 4.79 Å². The van der Waals surface area contributed by atoms with Gasteiger partial charge in [0.1, 0.15) is 11.5 Å². The summed E-state index contributed by atoms with van der Waals surface area (Å²) in [5.74, 6) is 2.37. The van der Waals surface area contributed by atoms with Crippen LogP contribution in [0.3, 0.4) is 0 Å². The smallest absolute Gasteiger partial charge is 0.220 e. The number of amides is 1. The average Bonchev–Trinajstić information content (AvgIpc) is 3.46. The van der Waals surface area contributed by atoms with E-state index in [0.29, 0.717) is 25.6 Å². The van der Waals surface area contributed by atoms with Crippen molar-refractivity contribution < 1.29 is 14.3 Å². The summed E-state index contributed by atoms with van der Waals surface area (Å²) < 4.78 is 10.6. The van der Waals surface area contributed by atoms with E-state index >= 15 is 0 Å². The SMILES string of the molecule is CCNC(=NCc1ccc(OC)cc1OC)NCCCC(=O)NC1CC1. The van der Waals surface area contributed by atoms with Crippen LogP contribution in [0.25, 0.3) is 0 Å². The number of carbonyl (C=O) groups is 1. The molecule has 0 aromatic heterocycles. The van der Waals surface area contributed by atoms with E-state index < -0.39 is 0 Å². The molecule has 0 spiro atoms. The van der Waals surface area contributed by atoms with E-state index in [1.807, 2.05) is 25.1 Å². The third kappa shape index (κ3) is 6.82. The minimum Gasteiger partial charge on any atom is -0.497 e. The molecule has 0 saturated heterocycles. The summed E-state index contributed by atoms with van der Waals surface area (Å²) in [4.78, 5) is 16.3. The molecule has 1 aromatic rings. The van der Waals surface area contributed by atoms with Gasteiger partial charge in [0.25, 0.3) is 0 Å². The first kappa shape index (κ1) is 19.9. The molecule has 0 bridgehead atoms. The molecule has 144 valence electrons. The van der Waals surface area contributed by atoms with Crippen molar-refractivity contribution in [2.75, 3.05) is 27.3 Å². The van der Waals surface area contributed by atoms with E-state index in [9.17, 15) is 4.79 Å². The minimum absolute atomic E-state index is 0.138. The summed E-state index contributed by atoms with van der Waals surface area (Å²) in [7, 11) is 3.27. The Labute approximate surface area is 155 Å². The van der Waals surface area contributed by atoms with Gasteiger partial charge >= 0.3 is 0 Å². The molecule has 26 heavy (non-hydrogen) atoms. The highest BCUT2D eigenvalue weighted by Gasteiger charge is 2.22. The van der Waals surface area contributed by atoms with Gasteiger partial charge in [0.2, 0.25) is 5.91 Å². The third-order valence-electron chi connectivity index (χ3n) is 4.06. The molecule has 1 amide bonds.